The van der Waals surface area contributed by atoms with Crippen LogP contribution in [0, 0.1) is 11.6 Å². The van der Waals surface area contributed by atoms with E-state index in [-0.39, 0.29) is 33.4 Å². The predicted molar refractivity (Wildman–Crippen MR) is 120 cm³/mol. The van der Waals surface area contributed by atoms with Gasteiger partial charge in [0.15, 0.2) is 5.69 Å². The van der Waals surface area contributed by atoms with Gasteiger partial charge in [0.1, 0.15) is 27.7 Å². The number of nitrogen functional groups attached to an aromatic ring is 1. The highest BCUT2D eigenvalue weighted by Crippen LogP contribution is 2.35. The van der Waals surface area contributed by atoms with Gasteiger partial charge < -0.3 is 26.3 Å². The number of benzene rings is 1. The molecule has 5 N–H and O–H groups in total. The zero-order valence-electron chi connectivity index (χ0n) is 18.0. The van der Waals surface area contributed by atoms with Crippen LogP contribution in [-0.2, 0) is 16.5 Å². The fourth-order valence-electron chi connectivity index (χ4n) is 3.86. The second kappa shape index (κ2) is 9.51. The van der Waals surface area contributed by atoms with Gasteiger partial charge in [-0.25, -0.2) is 13.8 Å². The molecular weight excluding hydrogens is 454 g/mol. The molecule has 2 aromatic heterocycles. The average molecular weight is 479 g/mol. The molecule has 33 heavy (non-hydrogen) atoms. The molecule has 3 aromatic rings. The molecule has 3 unspecified atom stereocenters. The second-order valence-corrected chi connectivity index (χ2v) is 8.70. The Labute approximate surface area is 192 Å². The summed E-state index contributed by atoms with van der Waals surface area (Å²) < 4.78 is 41.4. The number of hydrogen-bond donors (Lipinski definition) is 3. The summed E-state index contributed by atoms with van der Waals surface area (Å²) in [7, 11) is 3.33. The molecule has 0 spiro atoms. The molecule has 12 heteroatoms. The molecular formula is C21H24F2N6O3S. The van der Waals surface area contributed by atoms with Gasteiger partial charge in [-0.1, -0.05) is 17.4 Å². The fourth-order valence-corrected chi connectivity index (χ4v) is 4.74. The van der Waals surface area contributed by atoms with Crippen LogP contribution in [0.15, 0.2) is 24.4 Å². The number of thiazole rings is 1. The summed E-state index contributed by atoms with van der Waals surface area (Å²) in [6, 6.07) is 3.31. The summed E-state index contributed by atoms with van der Waals surface area (Å²) >= 11 is 0.828. The highest BCUT2D eigenvalue weighted by Gasteiger charge is 2.31. The molecule has 3 heterocycles. The molecule has 1 aliphatic rings. The van der Waals surface area contributed by atoms with Crippen molar-refractivity contribution in [1.82, 2.24) is 14.8 Å². The third-order valence-electron chi connectivity index (χ3n) is 5.58. The largest absolute Gasteiger partial charge is 0.389 e. The number of anilines is 2. The zero-order chi connectivity index (χ0) is 23.7. The number of nitrogens with one attached hydrogen (secondary N) is 1. The molecule has 1 aliphatic heterocycles. The Balaban J connectivity index is 1.60. The van der Waals surface area contributed by atoms with E-state index in [9.17, 15) is 13.6 Å². The Morgan fingerprint density at radius 1 is 1.36 bits per heavy atom. The fraction of sp³-hybridized carbons (Fsp3) is 0.381. The molecule has 0 bridgehead atoms. The van der Waals surface area contributed by atoms with E-state index in [0.717, 1.165) is 23.5 Å². The monoisotopic (exact) mass is 478 g/mol. The first-order valence-corrected chi connectivity index (χ1v) is 11.1. The number of aryl methyl sites for hydroxylation is 1. The summed E-state index contributed by atoms with van der Waals surface area (Å²) in [5.74, 6) is -2.21. The smallest absolute Gasteiger partial charge is 0.277 e. The molecule has 1 fully saturated rings. The Morgan fingerprint density at radius 2 is 2.09 bits per heavy atom. The maximum absolute atomic E-state index is 14.1. The number of amides is 1. The van der Waals surface area contributed by atoms with E-state index < -0.39 is 23.6 Å². The van der Waals surface area contributed by atoms with Crippen molar-refractivity contribution in [1.29, 1.82) is 0 Å². The van der Waals surface area contributed by atoms with E-state index in [1.165, 1.54) is 12.3 Å². The summed E-state index contributed by atoms with van der Waals surface area (Å²) in [4.78, 5) is 17.1. The molecule has 4 rings (SSSR count). The summed E-state index contributed by atoms with van der Waals surface area (Å²) in [6.07, 6.45) is 1.98. The van der Waals surface area contributed by atoms with E-state index in [2.05, 4.69) is 15.4 Å². The van der Waals surface area contributed by atoms with Crippen LogP contribution in [-0.4, -0.2) is 46.5 Å². The number of carbonyl (C=O) groups is 1. The first kappa shape index (κ1) is 23.2. The number of aromatic nitrogens is 3. The molecule has 0 radical (unpaired) electrons. The van der Waals surface area contributed by atoms with Crippen molar-refractivity contribution in [2.24, 2.45) is 12.8 Å². The van der Waals surface area contributed by atoms with Gasteiger partial charge in [-0.2, -0.15) is 5.10 Å². The minimum Gasteiger partial charge on any atom is -0.389 e. The van der Waals surface area contributed by atoms with Gasteiger partial charge >= 0.3 is 0 Å². The first-order valence-electron chi connectivity index (χ1n) is 10.2. The molecule has 3 atom stereocenters. The van der Waals surface area contributed by atoms with E-state index in [1.54, 1.807) is 18.8 Å². The van der Waals surface area contributed by atoms with Crippen LogP contribution in [0.4, 0.5) is 19.5 Å². The zero-order valence-corrected chi connectivity index (χ0v) is 18.9. The Morgan fingerprint density at radius 3 is 2.79 bits per heavy atom. The number of halogens is 2. The molecule has 1 saturated heterocycles. The van der Waals surface area contributed by atoms with Crippen molar-refractivity contribution in [3.63, 3.8) is 0 Å². The van der Waals surface area contributed by atoms with Crippen LogP contribution in [0.3, 0.4) is 0 Å². The number of methoxy groups -OCH3 is 1. The molecule has 1 amide bonds. The predicted octanol–water partition coefficient (Wildman–Crippen LogP) is 2.85. The Hall–Kier alpha value is -2.93. The molecule has 0 aliphatic carbocycles. The highest BCUT2D eigenvalue weighted by molar-refractivity contribution is 7.19. The number of nitrogens with two attached hydrogens (primary N) is 2. The second-order valence-electron chi connectivity index (χ2n) is 7.67. The van der Waals surface area contributed by atoms with Gasteiger partial charge in [0, 0.05) is 33.2 Å². The Kier molecular flexibility index (Phi) is 6.70. The molecule has 176 valence electrons. The quantitative estimate of drug-likeness (QED) is 0.514. The van der Waals surface area contributed by atoms with Gasteiger partial charge in [0.25, 0.3) is 5.91 Å². The van der Waals surface area contributed by atoms with Gasteiger partial charge in [0.2, 0.25) is 0 Å². The van der Waals surface area contributed by atoms with Crippen LogP contribution in [0.1, 0.15) is 35.1 Å². The lowest BCUT2D eigenvalue weighted by atomic mass is 10.0. The third kappa shape index (κ3) is 4.60. The van der Waals surface area contributed by atoms with E-state index in [0.29, 0.717) is 30.8 Å². The number of hydrogen-bond acceptors (Lipinski definition) is 8. The third-order valence-corrected chi connectivity index (χ3v) is 6.48. The maximum Gasteiger partial charge on any atom is 0.277 e. The van der Waals surface area contributed by atoms with Crippen LogP contribution >= 0.6 is 11.3 Å². The van der Waals surface area contributed by atoms with Crippen molar-refractivity contribution in [3.8, 4) is 10.6 Å². The van der Waals surface area contributed by atoms with Gasteiger partial charge in [-0.15, -0.1) is 0 Å². The lowest BCUT2D eigenvalue weighted by molar-refractivity contribution is 0.0200. The van der Waals surface area contributed by atoms with E-state index in [4.69, 9.17) is 20.9 Å². The highest BCUT2D eigenvalue weighted by atomic mass is 32.1. The van der Waals surface area contributed by atoms with Crippen LogP contribution in [0.5, 0.6) is 0 Å². The SMILES string of the molecule is COC1CC(c2c(NC(=O)c3nc(-c4c(F)cccc4F)sc3N)cnn2C)OCCC1N. The van der Waals surface area contributed by atoms with Crippen molar-refractivity contribution in [3.05, 3.63) is 47.4 Å². The first-order chi connectivity index (χ1) is 15.8. The van der Waals surface area contributed by atoms with Crippen molar-refractivity contribution >= 4 is 27.9 Å². The summed E-state index contributed by atoms with van der Waals surface area (Å²) in [6.45, 7) is 0.431. The minimum absolute atomic E-state index is 0.0244. The van der Waals surface area contributed by atoms with Gasteiger partial charge in [0.05, 0.1) is 29.2 Å². The molecule has 9 nitrogen and oxygen atoms in total. The summed E-state index contributed by atoms with van der Waals surface area (Å²) in [5, 5.41) is 7.00. The normalized spacial score (nSPS) is 21.1. The van der Waals surface area contributed by atoms with Crippen molar-refractivity contribution in [2.45, 2.75) is 31.1 Å². The molecule has 0 saturated carbocycles. The lowest BCUT2D eigenvalue weighted by Crippen LogP contribution is -2.36. The van der Waals surface area contributed by atoms with Crippen molar-refractivity contribution in [2.75, 3.05) is 24.8 Å². The standard InChI is InChI=1S/C21H24F2N6O3S/c1-29-18(15-8-14(31-2)12(24)6-7-32-15)13(9-26-29)27-20(30)17-19(25)33-21(28-17)16-10(22)4-3-5-11(16)23/h3-5,9,12,14-15H,6-8,24-25H2,1-2H3,(H,27,30). The number of rotatable bonds is 5. The Bertz CT molecular complexity index is 1150. The van der Waals surface area contributed by atoms with Crippen LogP contribution in [0.2, 0.25) is 0 Å². The van der Waals surface area contributed by atoms with Gasteiger partial charge in [-0.05, 0) is 18.6 Å². The summed E-state index contributed by atoms with van der Waals surface area (Å²) in [5.41, 5.74) is 12.7. The topological polar surface area (TPSA) is 130 Å². The number of ether oxygens (including phenoxy) is 2. The average Bonchev–Trinajstić information content (AvgIpc) is 3.26. The van der Waals surface area contributed by atoms with Gasteiger partial charge in [-0.3, -0.25) is 9.48 Å². The van der Waals surface area contributed by atoms with Crippen molar-refractivity contribution < 1.29 is 23.0 Å². The number of carbonyl (C=O) groups excluding carboxylic acids is 1. The van der Waals surface area contributed by atoms with E-state index in [1.807, 2.05) is 0 Å². The van der Waals surface area contributed by atoms with Crippen LogP contribution < -0.4 is 16.8 Å². The lowest BCUT2D eigenvalue weighted by Gasteiger charge is -2.22. The van der Waals surface area contributed by atoms with E-state index >= 15 is 0 Å². The maximum atomic E-state index is 14.1. The minimum atomic E-state index is -0.790. The van der Waals surface area contributed by atoms with Crippen LogP contribution in [0.25, 0.3) is 10.6 Å². The number of nitrogens with zero attached hydrogens (tertiary/aromatic N) is 3. The molecule has 1 aromatic carbocycles.